The van der Waals surface area contributed by atoms with Gasteiger partial charge >= 0.3 is 11.9 Å². The number of rotatable bonds is 0. The molecule has 4 nitrogen and oxygen atoms in total. The molecule has 0 unspecified atom stereocenters. The van der Waals surface area contributed by atoms with E-state index in [1.54, 1.807) is 12.1 Å². The molecule has 29 heavy (non-hydrogen) atoms. The molecule has 0 spiro atoms. The van der Waals surface area contributed by atoms with E-state index >= 15 is 0 Å². The zero-order chi connectivity index (χ0) is 20.3. The van der Waals surface area contributed by atoms with E-state index in [1.165, 1.54) is 0 Å². The monoisotopic (exact) mass is 392 g/mol. The van der Waals surface area contributed by atoms with E-state index in [9.17, 15) is 9.59 Å². The van der Waals surface area contributed by atoms with Crippen LogP contribution in [0.3, 0.4) is 0 Å². The molecule has 0 N–H and O–H groups in total. The summed E-state index contributed by atoms with van der Waals surface area (Å²) < 4.78 is 10.8. The molecule has 0 saturated carbocycles. The van der Waals surface area contributed by atoms with E-state index in [2.05, 4.69) is 0 Å². The fraction of sp³-hybridized carbons (Fsp3) is 0.360. The molecular weight excluding hydrogens is 364 g/mol. The zero-order valence-electron chi connectivity index (χ0n) is 16.8. The highest BCUT2D eigenvalue weighted by atomic mass is 16.5. The Labute approximate surface area is 172 Å². The van der Waals surface area contributed by atoms with E-state index in [0.29, 0.717) is 24.3 Å². The first-order valence-electron chi connectivity index (χ1n) is 10.4. The smallest absolute Gasteiger partial charge is 0.338 e. The molecule has 3 rings (SSSR count). The van der Waals surface area contributed by atoms with E-state index in [1.807, 2.05) is 48.6 Å². The number of carbonyl (C=O) groups is 2. The minimum atomic E-state index is -0.282. The Balaban J connectivity index is 1.75. The van der Waals surface area contributed by atoms with Crippen molar-refractivity contribution in [1.82, 2.24) is 0 Å². The van der Waals surface area contributed by atoms with Crippen molar-refractivity contribution in [2.75, 3.05) is 13.2 Å². The molecule has 2 aromatic rings. The van der Waals surface area contributed by atoms with Crippen molar-refractivity contribution >= 4 is 24.1 Å². The molecule has 0 fully saturated rings. The van der Waals surface area contributed by atoms with Gasteiger partial charge in [0.2, 0.25) is 0 Å². The van der Waals surface area contributed by atoms with Crippen LogP contribution in [0.4, 0.5) is 0 Å². The van der Waals surface area contributed by atoms with Crippen LogP contribution in [-0.4, -0.2) is 25.2 Å². The van der Waals surface area contributed by atoms with Gasteiger partial charge in [-0.05, 0) is 48.2 Å². The Hall–Kier alpha value is -2.88. The maximum atomic E-state index is 12.3. The molecule has 2 aromatic carbocycles. The number of esters is 2. The van der Waals surface area contributed by atoms with Gasteiger partial charge in [0.05, 0.1) is 24.3 Å². The van der Waals surface area contributed by atoms with Crippen molar-refractivity contribution in [1.29, 1.82) is 0 Å². The molecule has 0 aliphatic carbocycles. The minimum absolute atomic E-state index is 0.282. The fourth-order valence-electron chi connectivity index (χ4n) is 3.32. The van der Waals surface area contributed by atoms with Crippen LogP contribution in [0.25, 0.3) is 12.2 Å². The van der Waals surface area contributed by atoms with Gasteiger partial charge in [-0.15, -0.1) is 0 Å². The minimum Gasteiger partial charge on any atom is -0.462 e. The molecule has 0 aromatic heterocycles. The molecule has 0 saturated heterocycles. The summed E-state index contributed by atoms with van der Waals surface area (Å²) in [5.74, 6) is -0.563. The molecule has 0 atom stereocenters. The van der Waals surface area contributed by atoms with Crippen LogP contribution in [0.15, 0.2) is 48.5 Å². The summed E-state index contributed by atoms with van der Waals surface area (Å²) in [6.07, 6.45) is 11.1. The van der Waals surface area contributed by atoms with Gasteiger partial charge in [0.1, 0.15) is 0 Å². The molecule has 1 heterocycles. The van der Waals surface area contributed by atoms with Crippen molar-refractivity contribution < 1.29 is 19.1 Å². The van der Waals surface area contributed by atoms with E-state index in [-0.39, 0.29) is 11.9 Å². The first kappa shape index (κ1) is 20.8. The van der Waals surface area contributed by atoms with Crippen LogP contribution in [0, 0.1) is 0 Å². The van der Waals surface area contributed by atoms with Gasteiger partial charge in [-0.2, -0.15) is 0 Å². The third-order valence-electron chi connectivity index (χ3n) is 4.97. The highest BCUT2D eigenvalue weighted by Gasteiger charge is 2.08. The molecular formula is C25H28O4. The number of hydrogen-bond acceptors (Lipinski definition) is 4. The molecule has 152 valence electrons. The Kier molecular flexibility index (Phi) is 8.05. The maximum absolute atomic E-state index is 12.3. The first-order chi connectivity index (χ1) is 14.2. The summed E-state index contributed by atoms with van der Waals surface area (Å²) in [6.45, 7) is 0.920. The van der Waals surface area contributed by atoms with Crippen LogP contribution in [0.1, 0.15) is 76.8 Å². The Morgan fingerprint density at radius 2 is 0.966 bits per heavy atom. The number of hydrogen-bond donors (Lipinski definition) is 0. The van der Waals surface area contributed by atoms with Gasteiger partial charge in [0, 0.05) is 0 Å². The average molecular weight is 392 g/mol. The van der Waals surface area contributed by atoms with Crippen molar-refractivity contribution in [3.8, 4) is 0 Å². The summed E-state index contributed by atoms with van der Waals surface area (Å²) in [6, 6.07) is 14.7. The summed E-state index contributed by atoms with van der Waals surface area (Å²) in [7, 11) is 0. The number of benzene rings is 2. The third-order valence-corrected chi connectivity index (χ3v) is 4.97. The standard InChI is InChI=1S/C25H28O4/c26-24-22-12-8-10-20(18-22)14-15-21-11-9-13-23(19-21)25(27)29-17-7-5-3-1-2-4-6-16-28-24/h8-15,18-19H,1-7,16-17H2/b15-14-. The molecule has 4 bridgehead atoms. The topological polar surface area (TPSA) is 52.6 Å². The average Bonchev–Trinajstić information content (AvgIpc) is 2.75. The van der Waals surface area contributed by atoms with Gasteiger partial charge < -0.3 is 9.47 Å². The van der Waals surface area contributed by atoms with Gasteiger partial charge in [-0.1, -0.05) is 68.5 Å². The molecule has 4 heteroatoms. The quantitative estimate of drug-likeness (QED) is 0.523. The molecule has 0 amide bonds. The van der Waals surface area contributed by atoms with Crippen molar-refractivity contribution in [3.63, 3.8) is 0 Å². The van der Waals surface area contributed by atoms with Gasteiger partial charge in [0.15, 0.2) is 0 Å². The lowest BCUT2D eigenvalue weighted by Gasteiger charge is -2.06. The van der Waals surface area contributed by atoms with Crippen molar-refractivity contribution in [2.24, 2.45) is 0 Å². The second kappa shape index (κ2) is 11.2. The predicted molar refractivity (Wildman–Crippen MR) is 115 cm³/mol. The highest BCUT2D eigenvalue weighted by molar-refractivity contribution is 5.91. The number of ether oxygens (including phenoxy) is 2. The van der Waals surface area contributed by atoms with Crippen molar-refractivity contribution in [3.05, 3.63) is 70.8 Å². The molecule has 1 aliphatic rings. The lowest BCUT2D eigenvalue weighted by Crippen LogP contribution is -2.06. The lowest BCUT2D eigenvalue weighted by molar-refractivity contribution is 0.0490. The van der Waals surface area contributed by atoms with Crippen molar-refractivity contribution in [2.45, 2.75) is 44.9 Å². The van der Waals surface area contributed by atoms with Gasteiger partial charge in [-0.3, -0.25) is 0 Å². The van der Waals surface area contributed by atoms with Crippen LogP contribution in [-0.2, 0) is 9.47 Å². The third kappa shape index (κ3) is 6.90. The first-order valence-corrected chi connectivity index (χ1v) is 10.4. The largest absolute Gasteiger partial charge is 0.462 e. The molecule has 1 aliphatic heterocycles. The van der Waals surface area contributed by atoms with Crippen LogP contribution in [0.2, 0.25) is 0 Å². The Bertz CT molecular complexity index is 784. The van der Waals surface area contributed by atoms with E-state index < -0.39 is 0 Å². The van der Waals surface area contributed by atoms with E-state index in [4.69, 9.17) is 9.47 Å². The molecule has 0 radical (unpaired) electrons. The van der Waals surface area contributed by atoms with Gasteiger partial charge in [-0.25, -0.2) is 9.59 Å². The van der Waals surface area contributed by atoms with Crippen LogP contribution >= 0.6 is 0 Å². The normalized spacial score (nSPS) is 18.1. The summed E-state index contributed by atoms with van der Waals surface area (Å²) in [4.78, 5) is 24.5. The fourth-order valence-corrected chi connectivity index (χ4v) is 3.32. The zero-order valence-corrected chi connectivity index (χ0v) is 16.8. The van der Waals surface area contributed by atoms with Crippen LogP contribution < -0.4 is 0 Å². The second-order valence-corrected chi connectivity index (χ2v) is 7.33. The Morgan fingerprint density at radius 3 is 1.41 bits per heavy atom. The Morgan fingerprint density at radius 1 is 0.552 bits per heavy atom. The number of cyclic esters (lactones) is 2. The van der Waals surface area contributed by atoms with E-state index in [0.717, 1.165) is 56.1 Å². The second-order valence-electron chi connectivity index (χ2n) is 7.33. The summed E-state index contributed by atoms with van der Waals surface area (Å²) >= 11 is 0. The predicted octanol–water partition coefficient (Wildman–Crippen LogP) is 5.91. The SMILES string of the molecule is O=C1OCCCCCCCCCOC(=O)c2cccc(c2)/C=C\c2cccc1c2. The lowest BCUT2D eigenvalue weighted by atomic mass is 10.1. The summed E-state index contributed by atoms with van der Waals surface area (Å²) in [5.41, 5.74) is 2.90. The highest BCUT2D eigenvalue weighted by Crippen LogP contribution is 2.15. The number of carbonyl (C=O) groups excluding carboxylic acids is 2. The maximum Gasteiger partial charge on any atom is 0.338 e. The van der Waals surface area contributed by atoms with Crippen LogP contribution in [0.5, 0.6) is 0 Å². The van der Waals surface area contributed by atoms with Gasteiger partial charge in [0.25, 0.3) is 0 Å². The summed E-state index contributed by atoms with van der Waals surface area (Å²) in [5, 5.41) is 0. The number of fused-ring (bicyclic) bond motifs is 4.